The Kier molecular flexibility index (Phi) is 3.60. The Morgan fingerprint density at radius 1 is 1.38 bits per heavy atom. The van der Waals surface area contributed by atoms with Crippen LogP contribution in [0.1, 0.15) is 24.2 Å². The summed E-state index contributed by atoms with van der Waals surface area (Å²) < 4.78 is 10.5. The van der Waals surface area contributed by atoms with Gasteiger partial charge in [-0.25, -0.2) is 4.79 Å². The number of carboxylic acids is 1. The molecule has 0 bridgehead atoms. The molecule has 16 heavy (non-hydrogen) atoms. The Labute approximate surface area is 93.8 Å². The Morgan fingerprint density at radius 2 is 2.00 bits per heavy atom. The smallest absolute Gasteiger partial charge is 0.337 e. The first-order valence-electron chi connectivity index (χ1n) is 4.83. The standard InChI is InChI=1S/C11H15NO4/c1-6(2)16-10-5-8(12)7(11(13)14)4-9(10)15-3/h4-6H,12H2,1-3H3,(H,13,14). The van der Waals surface area contributed by atoms with Gasteiger partial charge in [0.1, 0.15) is 0 Å². The van der Waals surface area contributed by atoms with Gasteiger partial charge in [-0.15, -0.1) is 0 Å². The maximum absolute atomic E-state index is 10.8. The Hall–Kier alpha value is -1.91. The van der Waals surface area contributed by atoms with Gasteiger partial charge >= 0.3 is 5.97 Å². The topological polar surface area (TPSA) is 81.8 Å². The number of anilines is 1. The number of nitrogen functional groups attached to an aromatic ring is 1. The molecule has 0 heterocycles. The molecule has 0 aromatic heterocycles. The third kappa shape index (κ3) is 2.56. The van der Waals surface area contributed by atoms with Crippen LogP contribution in [0, 0.1) is 0 Å². The molecular weight excluding hydrogens is 210 g/mol. The summed E-state index contributed by atoms with van der Waals surface area (Å²) in [6.07, 6.45) is -0.0380. The first-order chi connectivity index (χ1) is 7.45. The van der Waals surface area contributed by atoms with Gasteiger partial charge in [0, 0.05) is 12.1 Å². The number of carboxylic acid groups (broad SMARTS) is 1. The summed E-state index contributed by atoms with van der Waals surface area (Å²) >= 11 is 0. The van der Waals surface area contributed by atoms with Gasteiger partial charge in [-0.3, -0.25) is 0 Å². The van der Waals surface area contributed by atoms with Crippen LogP contribution in [0.2, 0.25) is 0 Å². The molecule has 0 aliphatic carbocycles. The van der Waals surface area contributed by atoms with E-state index in [1.165, 1.54) is 19.2 Å². The van der Waals surface area contributed by atoms with Gasteiger partial charge in [0.15, 0.2) is 11.5 Å². The van der Waals surface area contributed by atoms with Crippen molar-refractivity contribution in [1.82, 2.24) is 0 Å². The fourth-order valence-corrected chi connectivity index (χ4v) is 1.27. The van der Waals surface area contributed by atoms with E-state index in [4.69, 9.17) is 20.3 Å². The molecule has 88 valence electrons. The minimum atomic E-state index is -1.09. The second-order valence-electron chi connectivity index (χ2n) is 3.56. The number of methoxy groups -OCH3 is 1. The number of benzene rings is 1. The van der Waals surface area contributed by atoms with Gasteiger partial charge in [0.25, 0.3) is 0 Å². The minimum absolute atomic E-state index is 0.00737. The second-order valence-corrected chi connectivity index (χ2v) is 3.56. The highest BCUT2D eigenvalue weighted by Gasteiger charge is 2.15. The zero-order valence-corrected chi connectivity index (χ0v) is 9.48. The van der Waals surface area contributed by atoms with E-state index in [1.807, 2.05) is 13.8 Å². The Bertz CT molecular complexity index is 401. The number of aromatic carboxylic acids is 1. The van der Waals surface area contributed by atoms with Crippen molar-refractivity contribution in [2.45, 2.75) is 20.0 Å². The largest absolute Gasteiger partial charge is 0.493 e. The SMILES string of the molecule is COc1cc(C(=O)O)c(N)cc1OC(C)C. The van der Waals surface area contributed by atoms with Gasteiger partial charge in [-0.1, -0.05) is 0 Å². The zero-order valence-electron chi connectivity index (χ0n) is 9.48. The van der Waals surface area contributed by atoms with Crippen molar-refractivity contribution < 1.29 is 19.4 Å². The third-order valence-corrected chi connectivity index (χ3v) is 1.93. The monoisotopic (exact) mass is 225 g/mol. The number of ether oxygens (including phenoxy) is 2. The van der Waals surface area contributed by atoms with Crippen molar-refractivity contribution in [1.29, 1.82) is 0 Å². The molecule has 0 aliphatic heterocycles. The lowest BCUT2D eigenvalue weighted by Crippen LogP contribution is -2.09. The number of rotatable bonds is 4. The van der Waals surface area contributed by atoms with E-state index >= 15 is 0 Å². The lowest BCUT2D eigenvalue weighted by molar-refractivity contribution is 0.0697. The van der Waals surface area contributed by atoms with Gasteiger partial charge in [0.2, 0.25) is 0 Å². The summed E-state index contributed by atoms with van der Waals surface area (Å²) in [7, 11) is 1.45. The lowest BCUT2D eigenvalue weighted by atomic mass is 10.1. The molecule has 0 aliphatic rings. The maximum atomic E-state index is 10.8. The van der Waals surface area contributed by atoms with Gasteiger partial charge in [-0.2, -0.15) is 0 Å². The van der Waals surface area contributed by atoms with E-state index < -0.39 is 5.97 Å². The molecule has 3 N–H and O–H groups in total. The van der Waals surface area contributed by atoms with Crippen molar-refractivity contribution in [2.75, 3.05) is 12.8 Å². The van der Waals surface area contributed by atoms with Crippen LogP contribution in [-0.4, -0.2) is 24.3 Å². The summed E-state index contributed by atoms with van der Waals surface area (Å²) in [6, 6.07) is 2.82. The van der Waals surface area contributed by atoms with Crippen LogP contribution in [-0.2, 0) is 0 Å². The molecule has 0 amide bonds. The van der Waals surface area contributed by atoms with Gasteiger partial charge in [-0.05, 0) is 13.8 Å². The molecule has 5 nitrogen and oxygen atoms in total. The molecule has 0 radical (unpaired) electrons. The van der Waals surface area contributed by atoms with E-state index in [0.29, 0.717) is 11.5 Å². The molecule has 0 saturated heterocycles. The van der Waals surface area contributed by atoms with Crippen molar-refractivity contribution in [3.8, 4) is 11.5 Å². The summed E-state index contributed by atoms with van der Waals surface area (Å²) in [4.78, 5) is 10.8. The van der Waals surface area contributed by atoms with Crippen LogP contribution < -0.4 is 15.2 Å². The van der Waals surface area contributed by atoms with Gasteiger partial charge < -0.3 is 20.3 Å². The number of carbonyl (C=O) groups is 1. The first-order valence-corrected chi connectivity index (χ1v) is 4.83. The van der Waals surface area contributed by atoms with Crippen molar-refractivity contribution in [3.63, 3.8) is 0 Å². The fourth-order valence-electron chi connectivity index (χ4n) is 1.27. The first kappa shape index (κ1) is 12.2. The third-order valence-electron chi connectivity index (χ3n) is 1.93. The van der Waals surface area contributed by atoms with Crippen LogP contribution in [0.15, 0.2) is 12.1 Å². The van der Waals surface area contributed by atoms with E-state index in [-0.39, 0.29) is 17.4 Å². The Morgan fingerprint density at radius 3 is 2.44 bits per heavy atom. The summed E-state index contributed by atoms with van der Waals surface area (Å²) in [5.74, 6) is -0.285. The average Bonchev–Trinajstić information content (AvgIpc) is 2.16. The molecule has 1 rings (SSSR count). The number of hydrogen-bond acceptors (Lipinski definition) is 4. The number of hydrogen-bond donors (Lipinski definition) is 2. The van der Waals surface area contributed by atoms with Crippen molar-refractivity contribution in [3.05, 3.63) is 17.7 Å². The number of nitrogens with two attached hydrogens (primary N) is 1. The van der Waals surface area contributed by atoms with Crippen molar-refractivity contribution in [2.24, 2.45) is 0 Å². The molecule has 0 saturated carbocycles. The van der Waals surface area contributed by atoms with Crippen LogP contribution >= 0.6 is 0 Å². The predicted molar refractivity (Wildman–Crippen MR) is 60.1 cm³/mol. The van der Waals surface area contributed by atoms with Crippen LogP contribution in [0.5, 0.6) is 11.5 Å². The highest BCUT2D eigenvalue weighted by molar-refractivity contribution is 5.94. The molecule has 1 aromatic rings. The van der Waals surface area contributed by atoms with Crippen LogP contribution in [0.4, 0.5) is 5.69 Å². The molecule has 1 aromatic carbocycles. The molecule has 0 fully saturated rings. The fraction of sp³-hybridized carbons (Fsp3) is 0.364. The highest BCUT2D eigenvalue weighted by Crippen LogP contribution is 2.32. The quantitative estimate of drug-likeness (QED) is 0.763. The highest BCUT2D eigenvalue weighted by atomic mass is 16.5. The summed E-state index contributed by atoms with van der Waals surface area (Å²) in [5, 5.41) is 8.88. The summed E-state index contributed by atoms with van der Waals surface area (Å²) in [5.41, 5.74) is 5.77. The van der Waals surface area contributed by atoms with E-state index in [9.17, 15) is 4.79 Å². The predicted octanol–water partition coefficient (Wildman–Crippen LogP) is 1.76. The second kappa shape index (κ2) is 4.74. The minimum Gasteiger partial charge on any atom is -0.493 e. The zero-order chi connectivity index (χ0) is 12.3. The van der Waals surface area contributed by atoms with Crippen LogP contribution in [0.25, 0.3) is 0 Å². The molecule has 0 spiro atoms. The van der Waals surface area contributed by atoms with E-state index in [2.05, 4.69) is 0 Å². The van der Waals surface area contributed by atoms with E-state index in [0.717, 1.165) is 0 Å². The van der Waals surface area contributed by atoms with Crippen molar-refractivity contribution >= 4 is 11.7 Å². The normalized spacial score (nSPS) is 10.2. The van der Waals surface area contributed by atoms with E-state index in [1.54, 1.807) is 0 Å². The molecule has 0 atom stereocenters. The molecule has 0 unspecified atom stereocenters. The summed E-state index contributed by atoms with van der Waals surface area (Å²) in [6.45, 7) is 3.72. The lowest BCUT2D eigenvalue weighted by Gasteiger charge is -2.15. The average molecular weight is 225 g/mol. The maximum Gasteiger partial charge on any atom is 0.337 e. The Balaban J connectivity index is 3.21. The van der Waals surface area contributed by atoms with Crippen LogP contribution in [0.3, 0.4) is 0 Å². The molecular formula is C11H15NO4. The van der Waals surface area contributed by atoms with Gasteiger partial charge in [0.05, 0.1) is 24.5 Å². The molecule has 5 heteroatoms.